The molecule has 2 aromatic carbocycles. The van der Waals surface area contributed by atoms with E-state index < -0.39 is 0 Å². The van der Waals surface area contributed by atoms with E-state index in [0.717, 1.165) is 36.1 Å². The molecule has 124 valence electrons. The van der Waals surface area contributed by atoms with Gasteiger partial charge in [-0.25, -0.2) is 9.37 Å². The van der Waals surface area contributed by atoms with Crippen LogP contribution in [0, 0.1) is 11.7 Å². The third-order valence-corrected chi connectivity index (χ3v) is 6.02. The van der Waals surface area contributed by atoms with Gasteiger partial charge in [-0.3, -0.25) is 0 Å². The van der Waals surface area contributed by atoms with E-state index in [2.05, 4.69) is 23.1 Å². The topological polar surface area (TPSA) is 16.1 Å². The van der Waals surface area contributed by atoms with Crippen LogP contribution in [0.2, 0.25) is 0 Å². The van der Waals surface area contributed by atoms with Gasteiger partial charge in [0.05, 0.1) is 10.2 Å². The largest absolute Gasteiger partial charge is 0.348 e. The highest BCUT2D eigenvalue weighted by Crippen LogP contribution is 2.32. The first-order valence-corrected chi connectivity index (χ1v) is 9.44. The number of piperidine rings is 1. The van der Waals surface area contributed by atoms with Crippen LogP contribution in [0.1, 0.15) is 24.8 Å². The van der Waals surface area contributed by atoms with Crippen molar-refractivity contribution >= 4 is 26.7 Å². The maximum absolute atomic E-state index is 13.0. The SMILES string of the molecule is Fc1ccc(CCC2CCN(c3nc4ccccc4s3)CC2)cc1. The van der Waals surface area contributed by atoms with Crippen molar-refractivity contribution in [2.45, 2.75) is 25.7 Å². The molecule has 3 aromatic rings. The van der Waals surface area contributed by atoms with Crippen molar-refractivity contribution in [3.63, 3.8) is 0 Å². The number of anilines is 1. The lowest BCUT2D eigenvalue weighted by molar-refractivity contribution is 0.382. The van der Waals surface area contributed by atoms with Gasteiger partial charge in [-0.15, -0.1) is 0 Å². The highest BCUT2D eigenvalue weighted by Gasteiger charge is 2.21. The molecule has 24 heavy (non-hydrogen) atoms. The average Bonchev–Trinajstić information content (AvgIpc) is 3.06. The Labute approximate surface area is 146 Å². The van der Waals surface area contributed by atoms with Gasteiger partial charge in [0.2, 0.25) is 0 Å². The molecule has 1 aliphatic heterocycles. The van der Waals surface area contributed by atoms with Crippen molar-refractivity contribution in [1.29, 1.82) is 0 Å². The number of benzene rings is 2. The van der Waals surface area contributed by atoms with Crippen LogP contribution in [0.3, 0.4) is 0 Å². The van der Waals surface area contributed by atoms with Crippen LogP contribution in [0.25, 0.3) is 10.2 Å². The Morgan fingerprint density at radius 1 is 1.04 bits per heavy atom. The van der Waals surface area contributed by atoms with E-state index >= 15 is 0 Å². The second-order valence-corrected chi connectivity index (χ2v) is 7.57. The standard InChI is InChI=1S/C20H21FN2S/c21-17-9-7-15(8-10-17)5-6-16-11-13-23(14-12-16)20-22-18-3-1-2-4-19(18)24-20/h1-4,7-10,16H,5-6,11-14H2. The molecule has 2 heterocycles. The summed E-state index contributed by atoms with van der Waals surface area (Å²) in [5.74, 6) is 0.614. The van der Waals surface area contributed by atoms with E-state index in [1.165, 1.54) is 29.5 Å². The first kappa shape index (κ1) is 15.6. The number of hydrogen-bond acceptors (Lipinski definition) is 3. The highest BCUT2D eigenvalue weighted by molar-refractivity contribution is 7.22. The first-order valence-electron chi connectivity index (χ1n) is 8.63. The molecule has 1 saturated heterocycles. The molecule has 2 nitrogen and oxygen atoms in total. The number of hydrogen-bond donors (Lipinski definition) is 0. The van der Waals surface area contributed by atoms with Crippen LogP contribution < -0.4 is 4.90 Å². The van der Waals surface area contributed by atoms with E-state index in [4.69, 9.17) is 4.98 Å². The molecular formula is C20H21FN2S. The zero-order valence-corrected chi connectivity index (χ0v) is 14.4. The molecule has 0 bridgehead atoms. The Morgan fingerprint density at radius 3 is 2.54 bits per heavy atom. The predicted molar refractivity (Wildman–Crippen MR) is 99.3 cm³/mol. The van der Waals surface area contributed by atoms with Crippen LogP contribution in [0.5, 0.6) is 0 Å². The molecule has 0 radical (unpaired) electrons. The van der Waals surface area contributed by atoms with Gasteiger partial charge in [-0.2, -0.15) is 0 Å². The molecule has 1 aromatic heterocycles. The van der Waals surface area contributed by atoms with Crippen LogP contribution in [-0.4, -0.2) is 18.1 Å². The van der Waals surface area contributed by atoms with Gasteiger partial charge in [0, 0.05) is 13.1 Å². The zero-order valence-electron chi connectivity index (χ0n) is 13.6. The van der Waals surface area contributed by atoms with Gasteiger partial charge in [-0.1, -0.05) is 35.6 Å². The van der Waals surface area contributed by atoms with Gasteiger partial charge < -0.3 is 4.90 Å². The number of halogens is 1. The summed E-state index contributed by atoms with van der Waals surface area (Å²) in [6.07, 6.45) is 4.68. The summed E-state index contributed by atoms with van der Waals surface area (Å²) >= 11 is 1.80. The molecule has 0 amide bonds. The Bertz CT molecular complexity index is 771. The molecule has 4 rings (SSSR count). The molecule has 0 atom stereocenters. The minimum atomic E-state index is -0.150. The fourth-order valence-electron chi connectivity index (χ4n) is 3.43. The molecule has 0 N–H and O–H groups in total. The lowest BCUT2D eigenvalue weighted by Crippen LogP contribution is -2.33. The molecule has 0 aliphatic carbocycles. The number of para-hydroxylation sites is 1. The van der Waals surface area contributed by atoms with Crippen molar-refractivity contribution in [3.8, 4) is 0 Å². The number of rotatable bonds is 4. The summed E-state index contributed by atoms with van der Waals surface area (Å²) in [6.45, 7) is 2.18. The Morgan fingerprint density at radius 2 is 1.79 bits per heavy atom. The fourth-order valence-corrected chi connectivity index (χ4v) is 4.45. The number of fused-ring (bicyclic) bond motifs is 1. The van der Waals surface area contributed by atoms with Crippen LogP contribution in [-0.2, 0) is 6.42 Å². The number of aromatic nitrogens is 1. The zero-order chi connectivity index (χ0) is 16.4. The lowest BCUT2D eigenvalue weighted by atomic mass is 9.91. The maximum atomic E-state index is 13.0. The minimum Gasteiger partial charge on any atom is -0.348 e. The summed E-state index contributed by atoms with van der Waals surface area (Å²) in [6, 6.07) is 15.3. The molecule has 0 unspecified atom stereocenters. The van der Waals surface area contributed by atoms with Crippen molar-refractivity contribution in [2.24, 2.45) is 5.92 Å². The van der Waals surface area contributed by atoms with E-state index in [0.29, 0.717) is 0 Å². The van der Waals surface area contributed by atoms with Gasteiger partial charge in [0.1, 0.15) is 5.82 Å². The van der Waals surface area contributed by atoms with Gasteiger partial charge in [0.15, 0.2) is 5.13 Å². The second-order valence-electron chi connectivity index (χ2n) is 6.56. The van der Waals surface area contributed by atoms with Gasteiger partial charge in [0.25, 0.3) is 0 Å². The monoisotopic (exact) mass is 340 g/mol. The molecule has 0 spiro atoms. The first-order chi connectivity index (χ1) is 11.8. The summed E-state index contributed by atoms with van der Waals surface area (Å²) < 4.78 is 14.2. The summed E-state index contributed by atoms with van der Waals surface area (Å²) in [5, 5.41) is 1.16. The van der Waals surface area contributed by atoms with Crippen LogP contribution >= 0.6 is 11.3 Å². The average molecular weight is 340 g/mol. The van der Waals surface area contributed by atoms with Crippen molar-refractivity contribution in [2.75, 3.05) is 18.0 Å². The third-order valence-electron chi connectivity index (χ3n) is 4.92. The summed E-state index contributed by atoms with van der Waals surface area (Å²) in [5.41, 5.74) is 2.35. The van der Waals surface area contributed by atoms with Gasteiger partial charge in [-0.05, 0) is 61.4 Å². The van der Waals surface area contributed by atoms with Gasteiger partial charge >= 0.3 is 0 Å². The highest BCUT2D eigenvalue weighted by atomic mass is 32.1. The van der Waals surface area contributed by atoms with Crippen molar-refractivity contribution in [1.82, 2.24) is 4.98 Å². The van der Waals surface area contributed by atoms with E-state index in [-0.39, 0.29) is 5.82 Å². The Kier molecular flexibility index (Phi) is 4.48. The van der Waals surface area contributed by atoms with E-state index in [1.807, 2.05) is 18.2 Å². The van der Waals surface area contributed by atoms with Crippen LogP contribution in [0.15, 0.2) is 48.5 Å². The number of aryl methyl sites for hydroxylation is 1. The minimum absolute atomic E-state index is 0.150. The van der Waals surface area contributed by atoms with E-state index in [1.54, 1.807) is 23.5 Å². The summed E-state index contributed by atoms with van der Waals surface area (Å²) in [7, 11) is 0. The van der Waals surface area contributed by atoms with Crippen molar-refractivity contribution < 1.29 is 4.39 Å². The fraction of sp³-hybridized carbons (Fsp3) is 0.350. The Hall–Kier alpha value is -1.94. The lowest BCUT2D eigenvalue weighted by Gasteiger charge is -2.31. The smallest absolute Gasteiger partial charge is 0.186 e. The molecular weight excluding hydrogens is 319 g/mol. The normalized spacial score (nSPS) is 16.0. The predicted octanol–water partition coefficient (Wildman–Crippen LogP) is 5.28. The van der Waals surface area contributed by atoms with Crippen LogP contribution in [0.4, 0.5) is 9.52 Å². The third kappa shape index (κ3) is 3.44. The Balaban J connectivity index is 1.32. The molecule has 1 fully saturated rings. The van der Waals surface area contributed by atoms with Crippen molar-refractivity contribution in [3.05, 3.63) is 59.9 Å². The molecule has 4 heteroatoms. The molecule has 0 saturated carbocycles. The quantitative estimate of drug-likeness (QED) is 0.642. The second kappa shape index (κ2) is 6.89. The summed E-state index contributed by atoms with van der Waals surface area (Å²) in [4.78, 5) is 7.20. The maximum Gasteiger partial charge on any atom is 0.186 e. The molecule has 1 aliphatic rings. The number of thiazole rings is 1. The number of nitrogens with zero attached hydrogens (tertiary/aromatic N) is 2. The van der Waals surface area contributed by atoms with E-state index in [9.17, 15) is 4.39 Å².